The maximum absolute atomic E-state index is 12.0. The van der Waals surface area contributed by atoms with Crippen LogP contribution in [0.5, 0.6) is 0 Å². The molecular weight excluding hydrogens is 314 g/mol. The maximum Gasteiger partial charge on any atom is 0.239 e. The Labute approximate surface area is 139 Å². The summed E-state index contributed by atoms with van der Waals surface area (Å²) < 4.78 is 5.59. The quantitative estimate of drug-likeness (QED) is 0.878. The summed E-state index contributed by atoms with van der Waals surface area (Å²) in [7, 11) is 0. The molecule has 0 aromatic carbocycles. The van der Waals surface area contributed by atoms with Crippen LogP contribution in [0.15, 0.2) is 21.9 Å². The summed E-state index contributed by atoms with van der Waals surface area (Å²) in [6.45, 7) is 7.39. The third kappa shape index (κ3) is 5.21. The summed E-state index contributed by atoms with van der Waals surface area (Å²) in [5.74, 6) is 0.652. The molecule has 7 heteroatoms. The van der Waals surface area contributed by atoms with E-state index in [-0.39, 0.29) is 30.3 Å². The fourth-order valence-corrected chi connectivity index (χ4v) is 2.60. The summed E-state index contributed by atoms with van der Waals surface area (Å²) in [6.07, 6.45) is 0.0868. The third-order valence-corrected chi connectivity index (χ3v) is 3.77. The van der Waals surface area contributed by atoms with Gasteiger partial charge in [-0.15, -0.1) is 11.3 Å². The van der Waals surface area contributed by atoms with Crippen LogP contribution in [0, 0.1) is 6.92 Å². The van der Waals surface area contributed by atoms with Gasteiger partial charge in [0.05, 0.1) is 23.5 Å². The van der Waals surface area contributed by atoms with E-state index in [1.165, 1.54) is 11.3 Å². The highest BCUT2D eigenvalue weighted by Crippen LogP contribution is 2.25. The van der Waals surface area contributed by atoms with E-state index in [2.05, 4.69) is 15.6 Å². The molecule has 6 nitrogen and oxygen atoms in total. The van der Waals surface area contributed by atoms with E-state index < -0.39 is 0 Å². The number of rotatable bonds is 5. The number of hydrogen-bond acceptors (Lipinski definition) is 5. The minimum absolute atomic E-state index is 0.0508. The van der Waals surface area contributed by atoms with Crippen LogP contribution in [0.1, 0.15) is 32.2 Å². The second-order valence-corrected chi connectivity index (χ2v) is 7.20. The number of carbonyl (C=O) groups is 2. The van der Waals surface area contributed by atoms with E-state index in [0.717, 1.165) is 4.88 Å². The Kier molecular flexibility index (Phi) is 5.20. The molecule has 2 aromatic rings. The first-order valence-corrected chi connectivity index (χ1v) is 8.20. The summed E-state index contributed by atoms with van der Waals surface area (Å²) in [5.41, 5.74) is 0.266. The van der Waals surface area contributed by atoms with Gasteiger partial charge in [-0.05, 0) is 39.1 Å². The summed E-state index contributed by atoms with van der Waals surface area (Å²) >= 11 is 1.53. The molecule has 0 radical (unpaired) electrons. The van der Waals surface area contributed by atoms with Gasteiger partial charge in [-0.3, -0.25) is 9.59 Å². The zero-order chi connectivity index (χ0) is 17.0. The van der Waals surface area contributed by atoms with Crippen molar-refractivity contribution in [3.8, 4) is 10.8 Å². The first-order chi connectivity index (χ1) is 10.7. The van der Waals surface area contributed by atoms with Crippen LogP contribution in [-0.2, 0) is 16.0 Å². The second-order valence-electron chi connectivity index (χ2n) is 6.25. The van der Waals surface area contributed by atoms with Crippen molar-refractivity contribution < 1.29 is 14.0 Å². The molecule has 2 rings (SSSR count). The normalized spacial score (nSPS) is 11.3. The van der Waals surface area contributed by atoms with Crippen LogP contribution < -0.4 is 10.6 Å². The van der Waals surface area contributed by atoms with Crippen molar-refractivity contribution in [1.29, 1.82) is 0 Å². The lowest BCUT2D eigenvalue weighted by Gasteiger charge is -2.20. The number of oxazole rings is 1. The molecule has 0 aliphatic rings. The van der Waals surface area contributed by atoms with E-state index in [9.17, 15) is 9.59 Å². The molecule has 124 valence electrons. The van der Waals surface area contributed by atoms with Gasteiger partial charge in [-0.25, -0.2) is 4.98 Å². The van der Waals surface area contributed by atoms with Crippen molar-refractivity contribution in [3.05, 3.63) is 29.0 Å². The van der Waals surface area contributed by atoms with Crippen molar-refractivity contribution in [2.24, 2.45) is 0 Å². The SMILES string of the molecule is Cc1oc(-c2cccs2)nc1CC(=O)NCC(=O)NC(C)(C)C. The monoisotopic (exact) mass is 335 g/mol. The minimum atomic E-state index is -0.319. The molecule has 0 aliphatic heterocycles. The number of thiophene rings is 1. The average Bonchev–Trinajstić information content (AvgIpc) is 3.05. The Hall–Kier alpha value is -2.15. The molecular formula is C16H21N3O3S. The number of hydrogen-bond donors (Lipinski definition) is 2. The van der Waals surface area contributed by atoms with Crippen LogP contribution in [-0.4, -0.2) is 28.9 Å². The molecule has 23 heavy (non-hydrogen) atoms. The van der Waals surface area contributed by atoms with Gasteiger partial charge in [0.1, 0.15) is 5.76 Å². The lowest BCUT2D eigenvalue weighted by Crippen LogP contribution is -2.46. The lowest BCUT2D eigenvalue weighted by atomic mass is 10.1. The molecule has 0 bridgehead atoms. The zero-order valence-electron chi connectivity index (χ0n) is 13.7. The predicted molar refractivity (Wildman–Crippen MR) is 89.2 cm³/mol. The molecule has 0 saturated heterocycles. The summed E-state index contributed by atoms with van der Waals surface area (Å²) in [4.78, 5) is 28.9. The van der Waals surface area contributed by atoms with Gasteiger partial charge < -0.3 is 15.1 Å². The van der Waals surface area contributed by atoms with E-state index >= 15 is 0 Å². The highest BCUT2D eigenvalue weighted by Gasteiger charge is 2.17. The molecule has 0 aliphatic carbocycles. The molecule has 2 N–H and O–H groups in total. The Morgan fingerprint density at radius 1 is 1.30 bits per heavy atom. The van der Waals surface area contributed by atoms with E-state index in [1.807, 2.05) is 38.3 Å². The molecule has 0 unspecified atom stereocenters. The number of aryl methyl sites for hydroxylation is 1. The van der Waals surface area contributed by atoms with Crippen molar-refractivity contribution in [1.82, 2.24) is 15.6 Å². The second kappa shape index (κ2) is 6.95. The Bertz CT molecular complexity index is 684. The smallest absolute Gasteiger partial charge is 0.239 e. The molecule has 2 heterocycles. The van der Waals surface area contributed by atoms with Crippen LogP contribution in [0.4, 0.5) is 0 Å². The Morgan fingerprint density at radius 2 is 2.04 bits per heavy atom. The number of nitrogens with one attached hydrogen (secondary N) is 2. The van der Waals surface area contributed by atoms with Gasteiger partial charge in [0, 0.05) is 5.54 Å². The molecule has 2 aromatic heterocycles. The lowest BCUT2D eigenvalue weighted by molar-refractivity contribution is -0.126. The van der Waals surface area contributed by atoms with Crippen LogP contribution in [0.3, 0.4) is 0 Å². The minimum Gasteiger partial charge on any atom is -0.440 e. The van der Waals surface area contributed by atoms with Crippen molar-refractivity contribution in [2.45, 2.75) is 39.7 Å². The topological polar surface area (TPSA) is 84.2 Å². The van der Waals surface area contributed by atoms with E-state index in [0.29, 0.717) is 17.3 Å². The fraction of sp³-hybridized carbons (Fsp3) is 0.438. The third-order valence-electron chi connectivity index (χ3n) is 2.91. The summed E-state index contributed by atoms with van der Waals surface area (Å²) in [5, 5.41) is 7.32. The van der Waals surface area contributed by atoms with Crippen LogP contribution in [0.2, 0.25) is 0 Å². The van der Waals surface area contributed by atoms with Gasteiger partial charge in [0.25, 0.3) is 0 Å². The van der Waals surface area contributed by atoms with Gasteiger partial charge in [0.15, 0.2) is 0 Å². The van der Waals surface area contributed by atoms with Crippen LogP contribution in [0.25, 0.3) is 10.8 Å². The first-order valence-electron chi connectivity index (χ1n) is 7.32. The maximum atomic E-state index is 12.0. The number of aromatic nitrogens is 1. The number of amides is 2. The summed E-state index contributed by atoms with van der Waals surface area (Å²) in [6, 6.07) is 3.83. The molecule has 0 atom stereocenters. The highest BCUT2D eigenvalue weighted by atomic mass is 32.1. The molecule has 0 spiro atoms. The average molecular weight is 335 g/mol. The van der Waals surface area contributed by atoms with E-state index in [1.54, 1.807) is 6.92 Å². The van der Waals surface area contributed by atoms with Gasteiger partial charge >= 0.3 is 0 Å². The van der Waals surface area contributed by atoms with Gasteiger partial charge in [-0.2, -0.15) is 0 Å². The van der Waals surface area contributed by atoms with Crippen molar-refractivity contribution in [2.75, 3.05) is 6.54 Å². The first kappa shape index (κ1) is 17.2. The molecule has 0 saturated carbocycles. The Balaban J connectivity index is 1.90. The fourth-order valence-electron chi connectivity index (χ4n) is 1.95. The zero-order valence-corrected chi connectivity index (χ0v) is 14.5. The standard InChI is InChI=1S/C16H21N3O3S/c1-10-11(18-15(22-10)12-6-5-7-23-12)8-13(20)17-9-14(21)19-16(2,3)4/h5-7H,8-9H2,1-4H3,(H,17,20)(H,19,21). The predicted octanol–water partition coefficient (Wildman–Crippen LogP) is 2.28. The highest BCUT2D eigenvalue weighted by molar-refractivity contribution is 7.13. The molecule has 0 fully saturated rings. The van der Waals surface area contributed by atoms with Gasteiger partial charge in [-0.1, -0.05) is 6.07 Å². The van der Waals surface area contributed by atoms with Crippen molar-refractivity contribution >= 4 is 23.2 Å². The molecule has 2 amide bonds. The Morgan fingerprint density at radius 3 is 2.65 bits per heavy atom. The number of nitrogens with zero attached hydrogens (tertiary/aromatic N) is 1. The van der Waals surface area contributed by atoms with E-state index in [4.69, 9.17) is 4.42 Å². The largest absolute Gasteiger partial charge is 0.440 e. The van der Waals surface area contributed by atoms with Crippen LogP contribution >= 0.6 is 11.3 Å². The number of carbonyl (C=O) groups excluding carboxylic acids is 2. The van der Waals surface area contributed by atoms with Gasteiger partial charge in [0.2, 0.25) is 17.7 Å². The van der Waals surface area contributed by atoms with Crippen molar-refractivity contribution in [3.63, 3.8) is 0 Å².